The van der Waals surface area contributed by atoms with E-state index in [1.807, 2.05) is 13.8 Å². The Hall–Kier alpha value is -0.730. The third kappa shape index (κ3) is 5.36. The molecule has 0 N–H and O–H groups in total. The van der Waals surface area contributed by atoms with Gasteiger partial charge in [0.1, 0.15) is 32.7 Å². The van der Waals surface area contributed by atoms with Crippen LogP contribution in [0.25, 0.3) is 0 Å². The second-order valence-electron chi connectivity index (χ2n) is 9.68. The van der Waals surface area contributed by atoms with Crippen molar-refractivity contribution in [2.45, 2.75) is 84.3 Å². The van der Waals surface area contributed by atoms with Gasteiger partial charge in [-0.1, -0.05) is 40.5 Å². The molecule has 0 aromatic heterocycles. The van der Waals surface area contributed by atoms with Gasteiger partial charge in [-0.2, -0.15) is 0 Å². The van der Waals surface area contributed by atoms with Crippen molar-refractivity contribution in [1.82, 2.24) is 0 Å². The van der Waals surface area contributed by atoms with Crippen LogP contribution in [0, 0.1) is 16.7 Å². The van der Waals surface area contributed by atoms with Crippen molar-refractivity contribution in [2.24, 2.45) is 16.7 Å². The summed E-state index contributed by atoms with van der Waals surface area (Å²) in [7, 11) is -4.26. The Morgan fingerprint density at radius 1 is 1.13 bits per heavy atom. The molecule has 1 aliphatic heterocycles. The van der Waals surface area contributed by atoms with E-state index >= 15 is 0 Å². The monoisotopic (exact) mass is 460 g/mol. The second-order valence-corrected chi connectivity index (χ2v) is 13.5. The van der Waals surface area contributed by atoms with E-state index in [9.17, 15) is 27.4 Å². The van der Waals surface area contributed by atoms with Gasteiger partial charge in [0.05, 0.1) is 12.8 Å². The van der Waals surface area contributed by atoms with Crippen LogP contribution in [0.4, 0.5) is 0 Å². The lowest BCUT2D eigenvalue weighted by molar-refractivity contribution is -0.128. The maximum atomic E-state index is 12.0. The molecule has 0 radical (unpaired) electrons. The molecule has 2 aliphatic carbocycles. The van der Waals surface area contributed by atoms with E-state index in [1.165, 1.54) is 6.42 Å². The number of hydrogen-bond acceptors (Lipinski definition) is 6. The molecule has 1 saturated heterocycles. The van der Waals surface area contributed by atoms with Gasteiger partial charge < -0.3 is 4.55 Å². The summed E-state index contributed by atoms with van der Waals surface area (Å²) >= 11 is 0. The maximum Gasteiger partial charge on any atom is 0.181 e. The Kier molecular flexibility index (Phi) is 8.36. The van der Waals surface area contributed by atoms with Crippen molar-refractivity contribution in [2.75, 3.05) is 17.3 Å². The van der Waals surface area contributed by atoms with E-state index in [-0.39, 0.29) is 28.0 Å². The number of carbonyl (C=O) groups excluding carboxylic acids is 3. The molecule has 8 heteroatoms. The lowest BCUT2D eigenvalue weighted by atomic mass is 9.70. The zero-order valence-electron chi connectivity index (χ0n) is 18.7. The van der Waals surface area contributed by atoms with Gasteiger partial charge in [0, 0.05) is 11.8 Å². The van der Waals surface area contributed by atoms with Gasteiger partial charge in [-0.15, -0.1) is 0 Å². The van der Waals surface area contributed by atoms with Gasteiger partial charge in [0.25, 0.3) is 0 Å². The third-order valence-electron chi connectivity index (χ3n) is 7.55. The van der Waals surface area contributed by atoms with Crippen molar-refractivity contribution in [3.05, 3.63) is 0 Å². The molecule has 0 amide bonds. The lowest BCUT2D eigenvalue weighted by Gasteiger charge is -2.32. The fraction of sp³-hybridized carbons (Fsp3) is 0.864. The fourth-order valence-corrected chi connectivity index (χ4v) is 8.62. The fourth-order valence-electron chi connectivity index (χ4n) is 5.10. The van der Waals surface area contributed by atoms with Gasteiger partial charge in [0.15, 0.2) is 17.3 Å². The quantitative estimate of drug-likeness (QED) is 0.328. The first-order valence-electron chi connectivity index (χ1n) is 11.0. The molecule has 3 atom stereocenters. The minimum absolute atomic E-state index is 0.229. The molecule has 3 fully saturated rings. The van der Waals surface area contributed by atoms with Gasteiger partial charge in [0.2, 0.25) is 0 Å². The van der Waals surface area contributed by atoms with Gasteiger partial charge >= 0.3 is 0 Å². The molecule has 30 heavy (non-hydrogen) atoms. The van der Waals surface area contributed by atoms with Crippen LogP contribution < -0.4 is 0 Å². The topological polar surface area (TPSA) is 108 Å². The van der Waals surface area contributed by atoms with Crippen molar-refractivity contribution in [1.29, 1.82) is 0 Å². The number of carbonyl (C=O) groups is 3. The Morgan fingerprint density at radius 2 is 1.73 bits per heavy atom. The molecule has 0 aromatic carbocycles. The number of rotatable bonds is 7. The van der Waals surface area contributed by atoms with Gasteiger partial charge in [-0.25, -0.2) is 8.42 Å². The van der Waals surface area contributed by atoms with Gasteiger partial charge in [-0.05, 0) is 41.5 Å². The van der Waals surface area contributed by atoms with E-state index in [4.69, 9.17) is 0 Å². The Bertz CT molecular complexity index is 762. The number of hydrogen-bond donors (Lipinski definition) is 0. The van der Waals surface area contributed by atoms with Crippen molar-refractivity contribution in [3.63, 3.8) is 0 Å². The SMILES string of the molecule is CC12CCC(C(S(=O)(=O)[O-])C1=O)C2(C)C.CCCCCC(=O)C[S+]1CCC(=O)CC1. The summed E-state index contributed by atoms with van der Waals surface area (Å²) in [5.41, 5.74) is -0.994. The molecule has 172 valence electrons. The first kappa shape index (κ1) is 25.5. The smallest absolute Gasteiger partial charge is 0.181 e. The zero-order chi connectivity index (χ0) is 22.7. The number of unbranched alkanes of at least 4 members (excludes halogenated alkanes) is 2. The maximum absolute atomic E-state index is 12.0. The molecule has 1 heterocycles. The summed E-state index contributed by atoms with van der Waals surface area (Å²) < 4.78 is 33.3. The largest absolute Gasteiger partial charge is 0.747 e. The molecular formula is C22H36O6S2. The molecule has 0 spiro atoms. The van der Waals surface area contributed by atoms with Crippen LogP contribution in [-0.4, -0.2) is 52.8 Å². The molecule has 0 aromatic rings. The summed E-state index contributed by atoms with van der Waals surface area (Å²) in [6.07, 6.45) is 6.94. The molecule has 2 saturated carbocycles. The van der Waals surface area contributed by atoms with E-state index < -0.39 is 20.8 Å². The molecule has 2 bridgehead atoms. The van der Waals surface area contributed by atoms with E-state index in [2.05, 4.69) is 6.92 Å². The lowest BCUT2D eigenvalue weighted by Crippen LogP contribution is -2.38. The van der Waals surface area contributed by atoms with E-state index in [1.54, 1.807) is 6.92 Å². The normalized spacial score (nSPS) is 30.8. The molecule has 3 unspecified atom stereocenters. The van der Waals surface area contributed by atoms with Crippen LogP contribution in [-0.2, 0) is 35.4 Å². The van der Waals surface area contributed by atoms with Crippen molar-refractivity contribution in [3.8, 4) is 0 Å². The number of fused-ring (bicyclic) bond motifs is 2. The zero-order valence-corrected chi connectivity index (χ0v) is 20.3. The Labute approximate surface area is 184 Å². The average molecular weight is 461 g/mol. The Balaban J connectivity index is 0.000000214. The predicted octanol–water partition coefficient (Wildman–Crippen LogP) is 3.04. The highest BCUT2D eigenvalue weighted by Crippen LogP contribution is 2.64. The first-order valence-corrected chi connectivity index (χ1v) is 14.2. The Morgan fingerprint density at radius 3 is 2.17 bits per heavy atom. The molecular weight excluding hydrogens is 424 g/mol. The van der Waals surface area contributed by atoms with Crippen LogP contribution >= 0.6 is 0 Å². The van der Waals surface area contributed by atoms with E-state index in [0.717, 1.165) is 36.5 Å². The predicted molar refractivity (Wildman–Crippen MR) is 118 cm³/mol. The number of Topliss-reactive ketones (excluding diaryl/α,β-unsaturated/α-hetero) is 3. The van der Waals surface area contributed by atoms with Crippen LogP contribution in [0.1, 0.15) is 79.1 Å². The summed E-state index contributed by atoms with van der Waals surface area (Å²) in [6.45, 7) is 7.74. The highest BCUT2D eigenvalue weighted by molar-refractivity contribution is 7.97. The standard InChI is InChI=1S/C12H21O2S.C10H16O4S/c1-2-3-4-5-12(14)10-15-8-6-11(13)7-9-15;1-9(2)6-4-5-10(9,3)8(11)7(6)15(12,13)14/h2-10H2,1H3;6-7H,4-5H2,1-3H3,(H,12,13,14)/q+1;/p-1. The molecule has 3 aliphatic rings. The third-order valence-corrected chi connectivity index (χ3v) is 11.0. The second kappa shape index (κ2) is 9.82. The highest BCUT2D eigenvalue weighted by Gasteiger charge is 2.67. The molecule has 3 rings (SSSR count). The van der Waals surface area contributed by atoms with Crippen LogP contribution in [0.15, 0.2) is 0 Å². The average Bonchev–Trinajstić information content (AvgIpc) is 2.96. The highest BCUT2D eigenvalue weighted by atomic mass is 32.2. The van der Waals surface area contributed by atoms with Crippen molar-refractivity contribution >= 4 is 38.4 Å². The molecule has 6 nitrogen and oxygen atoms in total. The summed E-state index contributed by atoms with van der Waals surface area (Å²) in [5, 5.41) is -1.30. The summed E-state index contributed by atoms with van der Waals surface area (Å²) in [4.78, 5) is 34.6. The summed E-state index contributed by atoms with van der Waals surface area (Å²) in [6, 6.07) is 0. The van der Waals surface area contributed by atoms with Crippen LogP contribution in [0.2, 0.25) is 0 Å². The van der Waals surface area contributed by atoms with Gasteiger partial charge in [-0.3, -0.25) is 14.4 Å². The minimum atomic E-state index is -4.49. The first-order chi connectivity index (χ1) is 13.8. The number of ketones is 3. The van der Waals surface area contributed by atoms with Crippen LogP contribution in [0.5, 0.6) is 0 Å². The van der Waals surface area contributed by atoms with E-state index in [0.29, 0.717) is 37.2 Å². The minimum Gasteiger partial charge on any atom is -0.747 e. The van der Waals surface area contributed by atoms with Crippen molar-refractivity contribution < 1.29 is 27.4 Å². The summed E-state index contributed by atoms with van der Waals surface area (Å²) in [5.74, 6) is 2.84. The van der Waals surface area contributed by atoms with Crippen LogP contribution in [0.3, 0.4) is 0 Å².